The number of aliphatic hydroxyl groups is 1. The van der Waals surface area contributed by atoms with Gasteiger partial charge < -0.3 is 10.0 Å². The molecule has 0 bridgehead atoms. The van der Waals surface area contributed by atoms with Crippen LogP contribution in [0.15, 0.2) is 24.3 Å². The average molecular weight is 266 g/mol. The normalized spacial score (nSPS) is 25.6. The Hall–Kier alpha value is -1.06. The molecule has 1 aliphatic heterocycles. The zero-order valence-electron chi connectivity index (χ0n) is 10.1. The predicted octanol–water partition coefficient (Wildman–Crippen LogP) is 2.38. The van der Waals surface area contributed by atoms with Crippen molar-refractivity contribution in [3.63, 3.8) is 0 Å². The van der Waals surface area contributed by atoms with Gasteiger partial charge >= 0.3 is 0 Å². The number of rotatable bonds is 3. The van der Waals surface area contributed by atoms with E-state index in [0.29, 0.717) is 24.0 Å². The molecule has 4 heteroatoms. The van der Waals surface area contributed by atoms with Crippen molar-refractivity contribution in [3.8, 4) is 0 Å². The molecule has 2 aliphatic rings. The molecule has 3 nitrogen and oxygen atoms in total. The lowest BCUT2D eigenvalue weighted by Gasteiger charge is -2.19. The minimum atomic E-state index is -0.574. The molecule has 2 fully saturated rings. The first-order chi connectivity index (χ1) is 8.65. The topological polar surface area (TPSA) is 40.5 Å². The molecule has 18 heavy (non-hydrogen) atoms. The van der Waals surface area contributed by atoms with Gasteiger partial charge in [-0.2, -0.15) is 0 Å². The third-order valence-corrected chi connectivity index (χ3v) is 4.09. The summed E-state index contributed by atoms with van der Waals surface area (Å²) in [6, 6.07) is 7.65. The van der Waals surface area contributed by atoms with Crippen LogP contribution in [0.1, 0.15) is 30.9 Å². The fourth-order valence-electron chi connectivity index (χ4n) is 2.64. The first-order valence-corrected chi connectivity index (χ1v) is 6.76. The summed E-state index contributed by atoms with van der Waals surface area (Å²) in [6.45, 7) is 0.688. The summed E-state index contributed by atoms with van der Waals surface area (Å²) < 4.78 is 0. The van der Waals surface area contributed by atoms with Gasteiger partial charge in [0.1, 0.15) is 0 Å². The van der Waals surface area contributed by atoms with E-state index in [9.17, 15) is 9.90 Å². The molecule has 1 aliphatic carbocycles. The Morgan fingerprint density at radius 2 is 1.94 bits per heavy atom. The van der Waals surface area contributed by atoms with Crippen LogP contribution in [-0.2, 0) is 4.79 Å². The van der Waals surface area contributed by atoms with E-state index >= 15 is 0 Å². The maximum Gasteiger partial charge on any atom is 0.223 e. The minimum Gasteiger partial charge on any atom is -0.388 e. The van der Waals surface area contributed by atoms with Crippen molar-refractivity contribution in [2.45, 2.75) is 31.4 Å². The maximum absolute atomic E-state index is 11.8. The van der Waals surface area contributed by atoms with E-state index in [-0.39, 0.29) is 11.8 Å². The van der Waals surface area contributed by atoms with E-state index < -0.39 is 6.10 Å². The first kappa shape index (κ1) is 12.0. The lowest BCUT2D eigenvalue weighted by Crippen LogP contribution is -2.28. The number of amides is 1. The number of aliphatic hydroxyl groups excluding tert-OH is 1. The van der Waals surface area contributed by atoms with Crippen LogP contribution in [0.4, 0.5) is 0 Å². The Balaban J connectivity index is 1.71. The van der Waals surface area contributed by atoms with Gasteiger partial charge in [0, 0.05) is 29.9 Å². The molecular weight excluding hydrogens is 250 g/mol. The zero-order chi connectivity index (χ0) is 12.7. The lowest BCUT2D eigenvalue weighted by atomic mass is 9.95. The predicted molar refractivity (Wildman–Crippen MR) is 69.3 cm³/mol. The number of benzene rings is 1. The van der Waals surface area contributed by atoms with Gasteiger partial charge in [-0.25, -0.2) is 0 Å². The zero-order valence-corrected chi connectivity index (χ0v) is 10.8. The highest BCUT2D eigenvalue weighted by Crippen LogP contribution is 2.37. The smallest absolute Gasteiger partial charge is 0.223 e. The van der Waals surface area contributed by atoms with Gasteiger partial charge in [0.05, 0.1) is 6.10 Å². The van der Waals surface area contributed by atoms with Crippen LogP contribution in [0.3, 0.4) is 0 Å². The van der Waals surface area contributed by atoms with Crippen LogP contribution in [-0.4, -0.2) is 28.5 Å². The number of carbonyl (C=O) groups is 1. The van der Waals surface area contributed by atoms with Crippen LogP contribution < -0.4 is 0 Å². The van der Waals surface area contributed by atoms with E-state index in [1.54, 1.807) is 12.1 Å². The van der Waals surface area contributed by atoms with Crippen molar-refractivity contribution in [1.29, 1.82) is 0 Å². The van der Waals surface area contributed by atoms with Gasteiger partial charge in [0.15, 0.2) is 0 Å². The van der Waals surface area contributed by atoms with Gasteiger partial charge in [0.2, 0.25) is 5.91 Å². The highest BCUT2D eigenvalue weighted by Gasteiger charge is 2.41. The highest BCUT2D eigenvalue weighted by atomic mass is 35.5. The summed E-state index contributed by atoms with van der Waals surface area (Å²) in [7, 11) is 0. The van der Waals surface area contributed by atoms with Gasteiger partial charge in [-0.05, 0) is 30.5 Å². The number of hydrogen-bond acceptors (Lipinski definition) is 2. The van der Waals surface area contributed by atoms with Crippen LogP contribution in [0, 0.1) is 5.92 Å². The lowest BCUT2D eigenvalue weighted by molar-refractivity contribution is -0.128. The van der Waals surface area contributed by atoms with Crippen molar-refractivity contribution in [3.05, 3.63) is 34.9 Å². The van der Waals surface area contributed by atoms with Crippen molar-refractivity contribution in [2.24, 2.45) is 5.92 Å². The first-order valence-electron chi connectivity index (χ1n) is 6.38. The molecule has 1 saturated heterocycles. The van der Waals surface area contributed by atoms with E-state index in [0.717, 1.165) is 18.4 Å². The fourth-order valence-corrected chi connectivity index (χ4v) is 2.77. The standard InChI is InChI=1S/C14H16ClNO2/c15-11-3-1-9(2-4-11)14(18)10-7-13(17)16(8-10)12-5-6-12/h1-4,10,12,14,18H,5-8H2. The third-order valence-electron chi connectivity index (χ3n) is 3.83. The van der Waals surface area contributed by atoms with Crippen molar-refractivity contribution in [2.75, 3.05) is 6.54 Å². The Labute approximate surface area is 111 Å². The molecule has 3 rings (SSSR count). The summed E-state index contributed by atoms with van der Waals surface area (Å²) in [5, 5.41) is 11.0. The second-order valence-corrected chi connectivity index (χ2v) is 5.67. The Morgan fingerprint density at radius 1 is 1.28 bits per heavy atom. The number of likely N-dealkylation sites (tertiary alicyclic amines) is 1. The van der Waals surface area contributed by atoms with E-state index in [4.69, 9.17) is 11.6 Å². The summed E-state index contributed by atoms with van der Waals surface area (Å²) >= 11 is 5.83. The SMILES string of the molecule is O=C1CC(C(O)c2ccc(Cl)cc2)CN1C1CC1. The quantitative estimate of drug-likeness (QED) is 0.912. The third kappa shape index (κ3) is 2.25. The molecule has 0 radical (unpaired) electrons. The molecule has 1 aromatic carbocycles. The van der Waals surface area contributed by atoms with Gasteiger partial charge in [0.25, 0.3) is 0 Å². The molecule has 2 unspecified atom stereocenters. The van der Waals surface area contributed by atoms with Crippen LogP contribution in [0.5, 0.6) is 0 Å². The molecule has 1 heterocycles. The Kier molecular flexibility index (Phi) is 3.04. The maximum atomic E-state index is 11.8. The number of nitrogens with zero attached hydrogens (tertiary/aromatic N) is 1. The molecule has 96 valence electrons. The minimum absolute atomic E-state index is 0.0132. The number of halogens is 1. The number of carbonyl (C=O) groups excluding carboxylic acids is 1. The van der Waals surface area contributed by atoms with Gasteiger partial charge in [-0.1, -0.05) is 23.7 Å². The highest BCUT2D eigenvalue weighted by molar-refractivity contribution is 6.30. The van der Waals surface area contributed by atoms with E-state index in [2.05, 4.69) is 0 Å². The molecule has 2 atom stereocenters. The molecule has 0 spiro atoms. The van der Waals surface area contributed by atoms with Gasteiger partial charge in [-0.3, -0.25) is 4.79 Å². The van der Waals surface area contributed by atoms with Gasteiger partial charge in [-0.15, -0.1) is 0 Å². The van der Waals surface area contributed by atoms with Crippen LogP contribution in [0.25, 0.3) is 0 Å². The summed E-state index contributed by atoms with van der Waals surface area (Å²) in [5.74, 6) is 0.204. The summed E-state index contributed by atoms with van der Waals surface area (Å²) in [4.78, 5) is 13.8. The largest absolute Gasteiger partial charge is 0.388 e. The molecule has 1 N–H and O–H groups in total. The van der Waals surface area contributed by atoms with Crippen LogP contribution >= 0.6 is 11.6 Å². The van der Waals surface area contributed by atoms with Crippen molar-refractivity contribution >= 4 is 17.5 Å². The average Bonchev–Trinajstić information content (AvgIpc) is 3.13. The molecule has 1 aromatic rings. The second-order valence-electron chi connectivity index (χ2n) is 5.24. The molecular formula is C14H16ClNO2. The van der Waals surface area contributed by atoms with Crippen LogP contribution in [0.2, 0.25) is 5.02 Å². The fraction of sp³-hybridized carbons (Fsp3) is 0.500. The molecule has 1 saturated carbocycles. The molecule has 0 aromatic heterocycles. The Morgan fingerprint density at radius 3 is 2.56 bits per heavy atom. The van der Waals surface area contributed by atoms with E-state index in [1.807, 2.05) is 17.0 Å². The van der Waals surface area contributed by atoms with Crippen molar-refractivity contribution in [1.82, 2.24) is 4.90 Å². The molecule has 1 amide bonds. The number of hydrogen-bond donors (Lipinski definition) is 1. The summed E-state index contributed by atoms with van der Waals surface area (Å²) in [5.41, 5.74) is 0.842. The Bertz CT molecular complexity index is 455. The van der Waals surface area contributed by atoms with Crippen molar-refractivity contribution < 1.29 is 9.90 Å². The second kappa shape index (κ2) is 4.56. The monoisotopic (exact) mass is 265 g/mol. The summed E-state index contributed by atoms with van der Waals surface area (Å²) in [6.07, 6.45) is 2.13. The van der Waals surface area contributed by atoms with E-state index in [1.165, 1.54) is 0 Å².